The van der Waals surface area contributed by atoms with Crippen molar-refractivity contribution in [2.45, 2.75) is 18.4 Å². The molecule has 0 amide bonds. The molecule has 19 heavy (non-hydrogen) atoms. The van der Waals surface area contributed by atoms with Crippen LogP contribution >= 0.6 is 23.4 Å². The van der Waals surface area contributed by atoms with Crippen LogP contribution in [0.1, 0.15) is 27.4 Å². The lowest BCUT2D eigenvalue weighted by Crippen LogP contribution is -1.94. The van der Waals surface area contributed by atoms with Gasteiger partial charge in [-0.3, -0.25) is 0 Å². The number of carbonyl (C=O) groups is 1. The minimum Gasteiger partial charge on any atom is -0.475 e. The van der Waals surface area contributed by atoms with Crippen molar-refractivity contribution in [2.24, 2.45) is 0 Å². The van der Waals surface area contributed by atoms with E-state index in [0.717, 1.165) is 16.3 Å². The van der Waals surface area contributed by atoms with Crippen molar-refractivity contribution in [2.75, 3.05) is 0 Å². The number of halogens is 1. The second-order valence-corrected chi connectivity index (χ2v) is 5.51. The molecule has 3 nitrogen and oxygen atoms in total. The first-order valence-corrected chi connectivity index (χ1v) is 7.25. The summed E-state index contributed by atoms with van der Waals surface area (Å²) < 4.78 is 5.29. The van der Waals surface area contributed by atoms with E-state index < -0.39 is 5.97 Å². The van der Waals surface area contributed by atoms with Gasteiger partial charge in [-0.15, -0.1) is 11.8 Å². The van der Waals surface area contributed by atoms with Gasteiger partial charge in [0.15, 0.2) is 0 Å². The van der Waals surface area contributed by atoms with Crippen LogP contribution in [0.5, 0.6) is 0 Å². The first-order chi connectivity index (χ1) is 9.08. The Morgan fingerprint density at radius 3 is 2.74 bits per heavy atom. The lowest BCUT2D eigenvalue weighted by molar-refractivity contribution is 0.0659. The van der Waals surface area contributed by atoms with E-state index in [-0.39, 0.29) is 5.76 Å². The monoisotopic (exact) mass is 296 g/mol. The summed E-state index contributed by atoms with van der Waals surface area (Å²) in [6.45, 7) is 1.73. The molecule has 0 aliphatic carbocycles. The zero-order chi connectivity index (χ0) is 13.8. The number of hydrogen-bond acceptors (Lipinski definition) is 3. The van der Waals surface area contributed by atoms with Crippen molar-refractivity contribution < 1.29 is 14.3 Å². The van der Waals surface area contributed by atoms with Crippen LogP contribution in [-0.4, -0.2) is 11.1 Å². The first-order valence-electron chi connectivity index (χ1n) is 5.71. The number of furan rings is 1. The van der Waals surface area contributed by atoms with E-state index in [4.69, 9.17) is 21.1 Å². The Bertz CT molecular complexity index is 592. The maximum atomic E-state index is 10.9. The molecule has 0 saturated carbocycles. The van der Waals surface area contributed by atoms with Crippen LogP contribution in [0.4, 0.5) is 0 Å². The van der Waals surface area contributed by atoms with E-state index >= 15 is 0 Å². The maximum Gasteiger partial charge on any atom is 0.372 e. The predicted octanol–water partition coefficient (Wildman–Crippen LogP) is 4.37. The second-order valence-electron chi connectivity index (χ2n) is 4.11. The van der Waals surface area contributed by atoms with Gasteiger partial charge in [-0.05, 0) is 24.6 Å². The van der Waals surface area contributed by atoms with Crippen molar-refractivity contribution in [3.05, 3.63) is 58.0 Å². The van der Waals surface area contributed by atoms with Crippen LogP contribution < -0.4 is 0 Å². The third-order valence-corrected chi connectivity index (χ3v) is 4.00. The highest BCUT2D eigenvalue weighted by Crippen LogP contribution is 2.25. The Labute approximate surface area is 120 Å². The fourth-order valence-corrected chi connectivity index (χ4v) is 2.91. The molecule has 100 valence electrons. The quantitative estimate of drug-likeness (QED) is 0.890. The van der Waals surface area contributed by atoms with Gasteiger partial charge in [-0.2, -0.15) is 0 Å². The molecule has 0 aliphatic rings. The number of hydrogen-bond donors (Lipinski definition) is 1. The van der Waals surface area contributed by atoms with Gasteiger partial charge in [-0.25, -0.2) is 4.79 Å². The normalized spacial score (nSPS) is 10.6. The van der Waals surface area contributed by atoms with Crippen molar-refractivity contribution in [3.8, 4) is 0 Å². The van der Waals surface area contributed by atoms with Crippen molar-refractivity contribution >= 4 is 29.3 Å². The maximum absolute atomic E-state index is 10.9. The molecular weight excluding hydrogens is 284 g/mol. The summed E-state index contributed by atoms with van der Waals surface area (Å²) in [6, 6.07) is 9.44. The van der Waals surface area contributed by atoms with E-state index in [1.807, 2.05) is 24.3 Å². The van der Waals surface area contributed by atoms with Crippen molar-refractivity contribution in [1.82, 2.24) is 0 Å². The molecule has 0 radical (unpaired) electrons. The van der Waals surface area contributed by atoms with E-state index in [9.17, 15) is 4.79 Å². The summed E-state index contributed by atoms with van der Waals surface area (Å²) in [6.07, 6.45) is 0. The van der Waals surface area contributed by atoms with Gasteiger partial charge < -0.3 is 9.52 Å². The molecule has 1 aromatic carbocycles. The van der Waals surface area contributed by atoms with Crippen LogP contribution in [-0.2, 0) is 11.5 Å². The zero-order valence-corrected chi connectivity index (χ0v) is 11.9. The fourth-order valence-electron chi connectivity index (χ4n) is 1.71. The number of carboxylic acids is 1. The smallest absolute Gasteiger partial charge is 0.372 e. The van der Waals surface area contributed by atoms with E-state index in [0.29, 0.717) is 17.1 Å². The van der Waals surface area contributed by atoms with Gasteiger partial charge in [0, 0.05) is 16.3 Å². The molecule has 0 bridgehead atoms. The molecular formula is C14H13ClO3S. The molecule has 2 rings (SSSR count). The molecule has 0 spiro atoms. The number of thioether (sulfide) groups is 1. The Kier molecular flexibility index (Phi) is 4.56. The summed E-state index contributed by atoms with van der Waals surface area (Å²) in [5, 5.41) is 9.65. The van der Waals surface area contributed by atoms with Gasteiger partial charge in [0.25, 0.3) is 0 Å². The standard InChI is InChI=1S/C14H13ClO3S/c1-9-6-11(18-13(9)14(16)17)8-19-7-10-4-2-3-5-12(10)15/h2-6H,7-8H2,1H3,(H,16,17). The van der Waals surface area contributed by atoms with Gasteiger partial charge in [0.2, 0.25) is 5.76 Å². The molecule has 5 heteroatoms. The van der Waals surface area contributed by atoms with Crippen LogP contribution in [0, 0.1) is 6.92 Å². The Morgan fingerprint density at radius 1 is 1.37 bits per heavy atom. The van der Waals surface area contributed by atoms with E-state index in [1.165, 1.54) is 0 Å². The first kappa shape index (κ1) is 14.0. The number of aryl methyl sites for hydroxylation is 1. The average molecular weight is 297 g/mol. The lowest BCUT2D eigenvalue weighted by atomic mass is 10.2. The summed E-state index contributed by atoms with van der Waals surface area (Å²) in [7, 11) is 0. The number of aromatic carboxylic acids is 1. The topological polar surface area (TPSA) is 50.4 Å². The lowest BCUT2D eigenvalue weighted by Gasteiger charge is -2.02. The van der Waals surface area contributed by atoms with Crippen LogP contribution in [0.3, 0.4) is 0 Å². The molecule has 0 atom stereocenters. The van der Waals surface area contributed by atoms with E-state index in [2.05, 4.69) is 0 Å². The summed E-state index contributed by atoms with van der Waals surface area (Å²) in [5.74, 6) is 1.06. The summed E-state index contributed by atoms with van der Waals surface area (Å²) >= 11 is 7.70. The SMILES string of the molecule is Cc1cc(CSCc2ccccc2Cl)oc1C(=O)O. The highest BCUT2D eigenvalue weighted by atomic mass is 35.5. The largest absolute Gasteiger partial charge is 0.475 e. The molecule has 0 fully saturated rings. The predicted molar refractivity (Wildman–Crippen MR) is 76.9 cm³/mol. The highest BCUT2D eigenvalue weighted by molar-refractivity contribution is 7.97. The zero-order valence-electron chi connectivity index (χ0n) is 10.4. The highest BCUT2D eigenvalue weighted by Gasteiger charge is 2.14. The number of carboxylic acid groups (broad SMARTS) is 1. The second kappa shape index (κ2) is 6.17. The number of benzene rings is 1. The minimum atomic E-state index is -1.03. The third kappa shape index (κ3) is 3.55. The molecule has 0 saturated heterocycles. The Morgan fingerprint density at radius 2 is 2.11 bits per heavy atom. The molecule has 0 aliphatic heterocycles. The third-order valence-electron chi connectivity index (χ3n) is 2.62. The average Bonchev–Trinajstić information content (AvgIpc) is 2.73. The molecule has 2 aromatic rings. The van der Waals surface area contributed by atoms with Crippen LogP contribution in [0.15, 0.2) is 34.7 Å². The van der Waals surface area contributed by atoms with E-state index in [1.54, 1.807) is 24.8 Å². The molecule has 0 unspecified atom stereocenters. The summed E-state index contributed by atoms with van der Waals surface area (Å²) in [5.41, 5.74) is 1.72. The fraction of sp³-hybridized carbons (Fsp3) is 0.214. The molecule has 1 heterocycles. The summed E-state index contributed by atoms with van der Waals surface area (Å²) in [4.78, 5) is 10.9. The molecule has 1 N–H and O–H groups in total. The minimum absolute atomic E-state index is 0.0216. The van der Waals surface area contributed by atoms with Gasteiger partial charge in [0.05, 0.1) is 5.75 Å². The number of rotatable bonds is 5. The van der Waals surface area contributed by atoms with Gasteiger partial charge in [-0.1, -0.05) is 29.8 Å². The van der Waals surface area contributed by atoms with Crippen LogP contribution in [0.2, 0.25) is 5.02 Å². The molecule has 1 aromatic heterocycles. The Balaban J connectivity index is 1.95. The Hall–Kier alpha value is -1.39. The van der Waals surface area contributed by atoms with Gasteiger partial charge in [0.1, 0.15) is 5.76 Å². The van der Waals surface area contributed by atoms with Crippen molar-refractivity contribution in [3.63, 3.8) is 0 Å². The van der Waals surface area contributed by atoms with Crippen LogP contribution in [0.25, 0.3) is 0 Å². The van der Waals surface area contributed by atoms with Gasteiger partial charge >= 0.3 is 5.97 Å². The van der Waals surface area contributed by atoms with Crippen molar-refractivity contribution in [1.29, 1.82) is 0 Å².